The van der Waals surface area contributed by atoms with Crippen molar-refractivity contribution in [3.63, 3.8) is 0 Å². The van der Waals surface area contributed by atoms with Gasteiger partial charge in [0.25, 0.3) is 0 Å². The highest BCUT2D eigenvalue weighted by Gasteiger charge is 2.22. The summed E-state index contributed by atoms with van der Waals surface area (Å²) in [6, 6.07) is 12.1. The lowest BCUT2D eigenvalue weighted by molar-refractivity contribution is 0.107. The summed E-state index contributed by atoms with van der Waals surface area (Å²) >= 11 is 6.16. The van der Waals surface area contributed by atoms with Crippen molar-refractivity contribution < 1.29 is 17.9 Å². The monoisotopic (exact) mass is 367 g/mol. The minimum atomic E-state index is -3.64. The van der Waals surface area contributed by atoms with Crippen LogP contribution in [0, 0.1) is 0 Å². The van der Waals surface area contributed by atoms with Crippen LogP contribution in [0.2, 0.25) is 5.02 Å². The molecular weight excluding hydrogens is 350 g/mol. The lowest BCUT2D eigenvalue weighted by Gasteiger charge is -2.18. The largest absolute Gasteiger partial charge is 0.493 e. The molecule has 1 aliphatic heterocycles. The Hall–Kier alpha value is -1.60. The van der Waals surface area contributed by atoms with Crippen LogP contribution in [-0.2, 0) is 21.2 Å². The van der Waals surface area contributed by atoms with Crippen LogP contribution in [0.5, 0.6) is 5.75 Å². The molecule has 2 aromatic carbocycles. The zero-order valence-corrected chi connectivity index (χ0v) is 14.7. The normalized spacial score (nSPS) is 14.9. The topological polar surface area (TPSA) is 64.6 Å². The first-order valence-electron chi connectivity index (χ1n) is 7.54. The van der Waals surface area contributed by atoms with Crippen LogP contribution in [0.25, 0.3) is 0 Å². The summed E-state index contributed by atoms with van der Waals surface area (Å²) in [5.74, 6) is 0.750. The molecule has 3 rings (SSSR count). The van der Waals surface area contributed by atoms with Gasteiger partial charge in [-0.15, -0.1) is 0 Å². The van der Waals surface area contributed by atoms with Crippen LogP contribution in [0.4, 0.5) is 0 Å². The fourth-order valence-electron chi connectivity index (χ4n) is 2.66. The SMILES string of the molecule is COC(CNS(=O)(=O)c1ccc2c(c1)CCO2)c1ccccc1Cl. The average Bonchev–Trinajstić information content (AvgIpc) is 3.04. The number of benzene rings is 2. The molecule has 0 spiro atoms. The number of hydrogen-bond acceptors (Lipinski definition) is 4. The Balaban J connectivity index is 1.76. The predicted molar refractivity (Wildman–Crippen MR) is 92.0 cm³/mol. The van der Waals surface area contributed by atoms with E-state index in [1.165, 1.54) is 7.11 Å². The molecular formula is C17H18ClNO4S. The van der Waals surface area contributed by atoms with Crippen molar-refractivity contribution in [3.05, 3.63) is 58.6 Å². The van der Waals surface area contributed by atoms with Crippen molar-refractivity contribution in [2.75, 3.05) is 20.3 Å². The van der Waals surface area contributed by atoms with E-state index < -0.39 is 16.1 Å². The average molecular weight is 368 g/mol. The lowest BCUT2D eigenvalue weighted by atomic mass is 10.1. The van der Waals surface area contributed by atoms with E-state index in [2.05, 4.69) is 4.72 Å². The van der Waals surface area contributed by atoms with Gasteiger partial charge in [0.15, 0.2) is 0 Å². The maximum absolute atomic E-state index is 12.5. The van der Waals surface area contributed by atoms with Crippen LogP contribution in [0.15, 0.2) is 47.4 Å². The Kier molecular flexibility index (Phi) is 5.10. The number of halogens is 1. The van der Waals surface area contributed by atoms with Gasteiger partial charge in [-0.3, -0.25) is 0 Å². The van der Waals surface area contributed by atoms with Gasteiger partial charge in [-0.1, -0.05) is 29.8 Å². The van der Waals surface area contributed by atoms with Crippen LogP contribution < -0.4 is 9.46 Å². The summed E-state index contributed by atoms with van der Waals surface area (Å²) in [4.78, 5) is 0.223. The number of fused-ring (bicyclic) bond motifs is 1. The first-order valence-corrected chi connectivity index (χ1v) is 9.40. The van der Waals surface area contributed by atoms with Crippen LogP contribution in [-0.4, -0.2) is 28.7 Å². The molecule has 0 fully saturated rings. The van der Waals surface area contributed by atoms with Gasteiger partial charge in [0, 0.05) is 30.7 Å². The Morgan fingerprint density at radius 2 is 2.08 bits per heavy atom. The second-order valence-corrected chi connectivity index (χ2v) is 7.64. The molecule has 0 saturated carbocycles. The minimum Gasteiger partial charge on any atom is -0.493 e. The fourth-order valence-corrected chi connectivity index (χ4v) is 3.99. The molecule has 1 heterocycles. The third kappa shape index (κ3) is 3.57. The second-order valence-electron chi connectivity index (χ2n) is 5.47. The van der Waals surface area contributed by atoms with E-state index in [-0.39, 0.29) is 11.4 Å². The molecule has 0 aliphatic carbocycles. The van der Waals surface area contributed by atoms with Gasteiger partial charge in [-0.25, -0.2) is 13.1 Å². The second kappa shape index (κ2) is 7.11. The summed E-state index contributed by atoms with van der Waals surface area (Å²) in [7, 11) is -2.11. The number of ether oxygens (including phenoxy) is 2. The third-order valence-electron chi connectivity index (χ3n) is 3.97. The van der Waals surface area contributed by atoms with Gasteiger partial charge in [0.05, 0.1) is 17.6 Å². The molecule has 1 atom stereocenters. The van der Waals surface area contributed by atoms with E-state index in [0.717, 1.165) is 23.3 Å². The molecule has 5 nitrogen and oxygen atoms in total. The van der Waals surface area contributed by atoms with E-state index >= 15 is 0 Å². The molecule has 24 heavy (non-hydrogen) atoms. The molecule has 0 amide bonds. The Morgan fingerprint density at radius 3 is 2.83 bits per heavy atom. The summed E-state index contributed by atoms with van der Waals surface area (Å²) in [5.41, 5.74) is 1.65. The van der Waals surface area contributed by atoms with E-state index in [9.17, 15) is 8.42 Å². The minimum absolute atomic E-state index is 0.0934. The molecule has 2 aromatic rings. The predicted octanol–water partition coefficient (Wildman–Crippen LogP) is 2.94. The smallest absolute Gasteiger partial charge is 0.240 e. The van der Waals surface area contributed by atoms with Gasteiger partial charge < -0.3 is 9.47 Å². The van der Waals surface area contributed by atoms with Crippen LogP contribution in [0.1, 0.15) is 17.2 Å². The summed E-state index contributed by atoms with van der Waals surface area (Å²) in [5, 5.41) is 0.540. The Bertz CT molecular complexity index is 838. The van der Waals surface area contributed by atoms with Crippen molar-refractivity contribution in [2.45, 2.75) is 17.4 Å². The molecule has 0 radical (unpaired) electrons. The number of hydrogen-bond donors (Lipinski definition) is 1. The van der Waals surface area contributed by atoms with E-state index in [1.54, 1.807) is 24.3 Å². The van der Waals surface area contributed by atoms with Gasteiger partial charge in [0.2, 0.25) is 10.0 Å². The molecule has 1 N–H and O–H groups in total. The maximum atomic E-state index is 12.5. The van der Waals surface area contributed by atoms with Crippen molar-refractivity contribution >= 4 is 21.6 Å². The molecule has 1 unspecified atom stereocenters. The summed E-state index contributed by atoms with van der Waals surface area (Å²) < 4.78 is 38.4. The Morgan fingerprint density at radius 1 is 1.29 bits per heavy atom. The van der Waals surface area contributed by atoms with Crippen molar-refractivity contribution in [1.29, 1.82) is 0 Å². The van der Waals surface area contributed by atoms with E-state index in [0.29, 0.717) is 11.6 Å². The highest BCUT2D eigenvalue weighted by molar-refractivity contribution is 7.89. The van der Waals surface area contributed by atoms with Crippen molar-refractivity contribution in [1.82, 2.24) is 4.72 Å². The summed E-state index contributed by atoms with van der Waals surface area (Å²) in [6.07, 6.45) is 0.255. The quantitative estimate of drug-likeness (QED) is 0.852. The van der Waals surface area contributed by atoms with Gasteiger partial charge in [-0.2, -0.15) is 0 Å². The van der Waals surface area contributed by atoms with Crippen molar-refractivity contribution in [3.8, 4) is 5.75 Å². The van der Waals surface area contributed by atoms with E-state index in [1.807, 2.05) is 18.2 Å². The number of methoxy groups -OCH3 is 1. The van der Waals surface area contributed by atoms with Gasteiger partial charge in [-0.05, 0) is 29.8 Å². The van der Waals surface area contributed by atoms with Gasteiger partial charge >= 0.3 is 0 Å². The molecule has 1 aliphatic rings. The lowest BCUT2D eigenvalue weighted by Crippen LogP contribution is -2.29. The zero-order valence-electron chi connectivity index (χ0n) is 13.2. The molecule has 128 valence electrons. The van der Waals surface area contributed by atoms with Crippen LogP contribution >= 0.6 is 11.6 Å². The van der Waals surface area contributed by atoms with Crippen molar-refractivity contribution in [2.24, 2.45) is 0 Å². The zero-order chi connectivity index (χ0) is 17.2. The number of rotatable bonds is 6. The highest BCUT2D eigenvalue weighted by atomic mass is 35.5. The third-order valence-corrected chi connectivity index (χ3v) is 5.73. The van der Waals surface area contributed by atoms with E-state index in [4.69, 9.17) is 21.1 Å². The highest BCUT2D eigenvalue weighted by Crippen LogP contribution is 2.28. The number of nitrogens with one attached hydrogen (secondary N) is 1. The summed E-state index contributed by atoms with van der Waals surface area (Å²) in [6.45, 7) is 0.681. The molecule has 7 heteroatoms. The van der Waals surface area contributed by atoms with Gasteiger partial charge in [0.1, 0.15) is 5.75 Å². The maximum Gasteiger partial charge on any atom is 0.240 e. The standard InChI is InChI=1S/C17H18ClNO4S/c1-22-17(14-4-2-3-5-15(14)18)11-19-24(20,21)13-6-7-16-12(10-13)8-9-23-16/h2-7,10,17,19H,8-9,11H2,1H3. The Labute approximate surface area is 146 Å². The first kappa shape index (κ1) is 17.2. The molecule has 0 aromatic heterocycles. The number of sulfonamides is 1. The fraction of sp³-hybridized carbons (Fsp3) is 0.294. The molecule has 0 bridgehead atoms. The first-order chi connectivity index (χ1) is 11.5. The molecule has 0 saturated heterocycles. The van der Waals surface area contributed by atoms with Crippen LogP contribution in [0.3, 0.4) is 0 Å².